The first kappa shape index (κ1) is 21.7. The van der Waals surface area contributed by atoms with Crippen molar-refractivity contribution in [2.75, 3.05) is 0 Å². The van der Waals surface area contributed by atoms with Gasteiger partial charge in [0.2, 0.25) is 0 Å². The van der Waals surface area contributed by atoms with Crippen molar-refractivity contribution in [3.63, 3.8) is 0 Å². The van der Waals surface area contributed by atoms with Crippen molar-refractivity contribution in [3.05, 3.63) is 91.0 Å². The van der Waals surface area contributed by atoms with Gasteiger partial charge in [-0.05, 0) is 96.2 Å². The third kappa shape index (κ3) is 3.22. The zero-order valence-electron chi connectivity index (χ0n) is 21.0. The van der Waals surface area contributed by atoms with Crippen molar-refractivity contribution in [2.24, 2.45) is 0 Å². The second-order valence-corrected chi connectivity index (χ2v) is 10.9. The second-order valence-electron chi connectivity index (χ2n) is 10.9. The number of furan rings is 1. The Labute approximate surface area is 210 Å². The predicted molar refractivity (Wildman–Crippen MR) is 150 cm³/mol. The normalized spacial score (nSPS) is 17.1. The zero-order valence-corrected chi connectivity index (χ0v) is 21.0. The fraction of sp³-hybridized carbons (Fsp3) is 0.188. The minimum atomic E-state index is -0.382. The average molecular weight is 470 g/mol. The van der Waals surface area contributed by atoms with Gasteiger partial charge in [0.1, 0.15) is 11.2 Å². The summed E-state index contributed by atoms with van der Waals surface area (Å²) < 4.78 is 19.0. The Morgan fingerprint density at radius 1 is 0.528 bits per heavy atom. The van der Waals surface area contributed by atoms with Crippen molar-refractivity contribution < 1.29 is 13.7 Å². The number of fused-ring (bicyclic) bond motifs is 5. The van der Waals surface area contributed by atoms with Gasteiger partial charge in [-0.1, -0.05) is 60.7 Å². The summed E-state index contributed by atoms with van der Waals surface area (Å²) in [5.41, 5.74) is 4.45. The Morgan fingerprint density at radius 3 is 1.89 bits per heavy atom. The zero-order chi connectivity index (χ0) is 24.7. The van der Waals surface area contributed by atoms with Crippen LogP contribution in [0.2, 0.25) is 0 Å². The van der Waals surface area contributed by atoms with E-state index >= 15 is 0 Å². The van der Waals surface area contributed by atoms with Crippen LogP contribution in [0.25, 0.3) is 54.6 Å². The van der Waals surface area contributed by atoms with Crippen LogP contribution in [-0.4, -0.2) is 18.3 Å². The molecule has 3 nitrogen and oxygen atoms in total. The van der Waals surface area contributed by atoms with Crippen LogP contribution in [0.5, 0.6) is 0 Å². The maximum absolute atomic E-state index is 6.34. The van der Waals surface area contributed by atoms with Gasteiger partial charge in [0.25, 0.3) is 0 Å². The van der Waals surface area contributed by atoms with E-state index in [0.717, 1.165) is 49.3 Å². The van der Waals surface area contributed by atoms with Gasteiger partial charge in [0.05, 0.1) is 11.2 Å². The molecule has 0 amide bonds. The van der Waals surface area contributed by atoms with E-state index in [4.69, 9.17) is 13.7 Å². The highest BCUT2D eigenvalue weighted by Gasteiger charge is 2.52. The molecule has 2 heterocycles. The molecule has 7 rings (SSSR count). The Balaban J connectivity index is 1.30. The van der Waals surface area contributed by atoms with Crippen molar-refractivity contribution in [1.29, 1.82) is 0 Å². The van der Waals surface area contributed by atoms with Gasteiger partial charge in [-0.3, -0.25) is 0 Å². The largest absolute Gasteiger partial charge is 0.495 e. The molecule has 0 bridgehead atoms. The van der Waals surface area contributed by atoms with Crippen molar-refractivity contribution in [2.45, 2.75) is 38.9 Å². The molecule has 5 aromatic carbocycles. The summed E-state index contributed by atoms with van der Waals surface area (Å²) in [4.78, 5) is 0. The number of benzene rings is 5. The van der Waals surface area contributed by atoms with Crippen LogP contribution in [0.15, 0.2) is 95.4 Å². The van der Waals surface area contributed by atoms with Crippen LogP contribution in [0.3, 0.4) is 0 Å². The number of rotatable bonds is 2. The first-order chi connectivity index (χ1) is 17.3. The third-order valence-electron chi connectivity index (χ3n) is 8.09. The van der Waals surface area contributed by atoms with Gasteiger partial charge in [0, 0.05) is 10.8 Å². The summed E-state index contributed by atoms with van der Waals surface area (Å²) in [6.07, 6.45) is 0. The molecule has 4 heteroatoms. The SMILES string of the molecule is CC1(C)OB(c2cccc3cc(-c4ccc5c(c4)oc4cc6ccccc6cc45)ccc23)OC1(C)C. The fourth-order valence-corrected chi connectivity index (χ4v) is 5.31. The average Bonchev–Trinajstić information content (AvgIpc) is 3.32. The lowest BCUT2D eigenvalue weighted by atomic mass is 9.76. The van der Waals surface area contributed by atoms with E-state index in [9.17, 15) is 0 Å². The summed E-state index contributed by atoms with van der Waals surface area (Å²) >= 11 is 0. The molecule has 1 aliphatic heterocycles. The molecular weight excluding hydrogens is 443 g/mol. The molecule has 0 spiro atoms. The molecule has 1 fully saturated rings. The quantitative estimate of drug-likeness (QED) is 0.242. The van der Waals surface area contributed by atoms with E-state index in [1.165, 1.54) is 10.8 Å². The van der Waals surface area contributed by atoms with Crippen LogP contribution in [0.1, 0.15) is 27.7 Å². The summed E-state index contributed by atoms with van der Waals surface area (Å²) in [5, 5.41) is 7.02. The van der Waals surface area contributed by atoms with Crippen molar-refractivity contribution in [1.82, 2.24) is 0 Å². The van der Waals surface area contributed by atoms with Crippen LogP contribution in [0, 0.1) is 0 Å². The Kier molecular flexibility index (Phi) is 4.49. The lowest BCUT2D eigenvalue weighted by Crippen LogP contribution is -2.41. The molecule has 0 radical (unpaired) electrons. The first-order valence-corrected chi connectivity index (χ1v) is 12.5. The molecular formula is C32H27BO3. The van der Waals surface area contributed by atoms with Crippen molar-refractivity contribution >= 4 is 56.1 Å². The maximum atomic E-state index is 6.34. The minimum absolute atomic E-state index is 0.367. The van der Waals surface area contributed by atoms with Crippen LogP contribution in [-0.2, 0) is 9.31 Å². The molecule has 0 unspecified atom stereocenters. The summed E-state index contributed by atoms with van der Waals surface area (Å²) in [6.45, 7) is 8.36. The van der Waals surface area contributed by atoms with E-state index in [-0.39, 0.29) is 18.3 Å². The molecule has 1 aromatic heterocycles. The van der Waals surface area contributed by atoms with E-state index in [1.807, 2.05) is 0 Å². The third-order valence-corrected chi connectivity index (χ3v) is 8.09. The molecule has 0 aliphatic carbocycles. The Hall–Kier alpha value is -3.60. The van der Waals surface area contributed by atoms with Crippen LogP contribution >= 0.6 is 0 Å². The summed E-state index contributed by atoms with van der Waals surface area (Å²) in [6, 6.07) is 32.2. The monoisotopic (exact) mass is 470 g/mol. The minimum Gasteiger partial charge on any atom is -0.456 e. The van der Waals surface area contributed by atoms with Crippen molar-refractivity contribution in [3.8, 4) is 11.1 Å². The number of hydrogen-bond acceptors (Lipinski definition) is 3. The highest BCUT2D eigenvalue weighted by molar-refractivity contribution is 6.65. The van der Waals surface area contributed by atoms with E-state index in [1.54, 1.807) is 0 Å². The highest BCUT2D eigenvalue weighted by Crippen LogP contribution is 2.38. The topological polar surface area (TPSA) is 31.6 Å². The van der Waals surface area contributed by atoms with Gasteiger partial charge in [-0.2, -0.15) is 0 Å². The predicted octanol–water partition coefficient (Wildman–Crippen LogP) is 7.86. The van der Waals surface area contributed by atoms with E-state index in [2.05, 4.69) is 119 Å². The highest BCUT2D eigenvalue weighted by atomic mass is 16.7. The molecule has 1 saturated heterocycles. The van der Waals surface area contributed by atoms with Gasteiger partial charge in [-0.15, -0.1) is 0 Å². The number of hydrogen-bond donors (Lipinski definition) is 0. The molecule has 176 valence electrons. The van der Waals surface area contributed by atoms with Gasteiger partial charge in [-0.25, -0.2) is 0 Å². The van der Waals surface area contributed by atoms with Crippen LogP contribution in [0.4, 0.5) is 0 Å². The standard InChI is InChI=1S/C32H27BO3/c1-31(2)32(3,4)36-33(35-31)28-11-7-10-24-16-22(12-14-25(24)28)23-13-15-26-27-17-20-8-5-6-9-21(20)18-30(27)34-29(26)19-23/h5-19H,1-4H3. The fourth-order valence-electron chi connectivity index (χ4n) is 5.31. The molecule has 6 aromatic rings. The smallest absolute Gasteiger partial charge is 0.456 e. The first-order valence-electron chi connectivity index (χ1n) is 12.5. The van der Waals surface area contributed by atoms with Crippen LogP contribution < -0.4 is 5.46 Å². The van der Waals surface area contributed by atoms with Gasteiger partial charge >= 0.3 is 7.12 Å². The van der Waals surface area contributed by atoms with E-state index < -0.39 is 0 Å². The molecule has 0 saturated carbocycles. The van der Waals surface area contributed by atoms with E-state index in [0.29, 0.717) is 0 Å². The molecule has 0 N–H and O–H groups in total. The lowest BCUT2D eigenvalue weighted by molar-refractivity contribution is 0.00578. The second kappa shape index (κ2) is 7.46. The summed E-state index contributed by atoms with van der Waals surface area (Å²) in [5.74, 6) is 0. The van der Waals surface area contributed by atoms with Gasteiger partial charge in [0.15, 0.2) is 0 Å². The maximum Gasteiger partial charge on any atom is 0.495 e. The molecule has 36 heavy (non-hydrogen) atoms. The Morgan fingerprint density at radius 2 is 1.14 bits per heavy atom. The molecule has 0 atom stereocenters. The Bertz CT molecular complexity index is 1800. The van der Waals surface area contributed by atoms with Gasteiger partial charge < -0.3 is 13.7 Å². The lowest BCUT2D eigenvalue weighted by Gasteiger charge is -2.32. The summed E-state index contributed by atoms with van der Waals surface area (Å²) in [7, 11) is -0.382. The molecule has 1 aliphatic rings.